The van der Waals surface area contributed by atoms with E-state index < -0.39 is 39.0 Å². The van der Waals surface area contributed by atoms with Crippen LogP contribution >= 0.6 is 0 Å². The Kier molecular flexibility index (Phi) is 6.73. The molecule has 0 saturated carbocycles. The van der Waals surface area contributed by atoms with Crippen LogP contribution in [0.1, 0.15) is 26.3 Å². The molecule has 0 heterocycles. The van der Waals surface area contributed by atoms with Gasteiger partial charge in [-0.25, -0.2) is 21.9 Å². The summed E-state index contributed by atoms with van der Waals surface area (Å²) in [6.45, 7) is 0.0643. The highest BCUT2D eigenvalue weighted by Crippen LogP contribution is 2.13. The Hall–Kier alpha value is -3.63. The van der Waals surface area contributed by atoms with Gasteiger partial charge in [0.1, 0.15) is 11.6 Å². The van der Waals surface area contributed by atoms with Crippen molar-refractivity contribution in [2.45, 2.75) is 11.4 Å². The molecular formula is C21H17F2N3O4S. The van der Waals surface area contributed by atoms with Crippen molar-refractivity contribution < 1.29 is 26.8 Å². The Morgan fingerprint density at radius 3 is 2.26 bits per heavy atom. The molecule has 2 amide bonds. The Labute approximate surface area is 177 Å². The zero-order valence-corrected chi connectivity index (χ0v) is 16.7. The zero-order chi connectivity index (χ0) is 22.4. The molecular weight excluding hydrogens is 428 g/mol. The van der Waals surface area contributed by atoms with Crippen molar-refractivity contribution in [3.63, 3.8) is 0 Å². The second kappa shape index (κ2) is 9.45. The summed E-state index contributed by atoms with van der Waals surface area (Å²) < 4.78 is 54.3. The lowest BCUT2D eigenvalue weighted by Gasteiger charge is -2.10. The van der Waals surface area contributed by atoms with Crippen LogP contribution in [0.4, 0.5) is 8.78 Å². The maximum Gasteiger partial charge on any atom is 0.272 e. The molecule has 0 aliphatic carbocycles. The minimum atomic E-state index is -3.91. The number of carbonyl (C=O) groups is 2. The summed E-state index contributed by atoms with van der Waals surface area (Å²) >= 11 is 0. The van der Waals surface area contributed by atoms with Gasteiger partial charge < -0.3 is 0 Å². The fraction of sp³-hybridized carbons (Fsp3) is 0.0476. The molecule has 0 aliphatic rings. The van der Waals surface area contributed by atoms with E-state index in [9.17, 15) is 26.8 Å². The van der Waals surface area contributed by atoms with Crippen LogP contribution < -0.4 is 15.6 Å². The van der Waals surface area contributed by atoms with Crippen LogP contribution in [-0.2, 0) is 16.6 Å². The number of sulfonamides is 1. The van der Waals surface area contributed by atoms with Crippen molar-refractivity contribution in [3.8, 4) is 0 Å². The van der Waals surface area contributed by atoms with Crippen LogP contribution in [0.5, 0.6) is 0 Å². The summed E-state index contributed by atoms with van der Waals surface area (Å²) in [6.07, 6.45) is 0. The molecule has 3 N–H and O–H groups in total. The Balaban J connectivity index is 1.66. The lowest BCUT2D eigenvalue weighted by atomic mass is 10.2. The van der Waals surface area contributed by atoms with E-state index in [-0.39, 0.29) is 17.0 Å². The highest BCUT2D eigenvalue weighted by molar-refractivity contribution is 7.89. The van der Waals surface area contributed by atoms with Gasteiger partial charge in [-0.2, -0.15) is 0 Å². The number of rotatable bonds is 6. The third kappa shape index (κ3) is 5.71. The normalized spacial score (nSPS) is 11.0. The molecule has 3 rings (SSSR count). The fourth-order valence-electron chi connectivity index (χ4n) is 2.59. The number of amides is 2. The van der Waals surface area contributed by atoms with Gasteiger partial charge in [0.25, 0.3) is 11.8 Å². The molecule has 0 spiro atoms. The molecule has 0 radical (unpaired) electrons. The van der Waals surface area contributed by atoms with E-state index in [4.69, 9.17) is 0 Å². The smallest absolute Gasteiger partial charge is 0.267 e. The molecule has 0 saturated heterocycles. The molecule has 0 atom stereocenters. The number of hydrogen-bond acceptors (Lipinski definition) is 4. The summed E-state index contributed by atoms with van der Waals surface area (Å²) in [4.78, 5) is 24.1. The number of benzene rings is 3. The van der Waals surface area contributed by atoms with Crippen molar-refractivity contribution in [1.29, 1.82) is 0 Å². The van der Waals surface area contributed by atoms with E-state index >= 15 is 0 Å². The second-order valence-corrected chi connectivity index (χ2v) is 8.14. The monoisotopic (exact) mass is 445 g/mol. The summed E-state index contributed by atoms with van der Waals surface area (Å²) in [5, 5.41) is 0. The van der Waals surface area contributed by atoms with Gasteiger partial charge in [-0.05, 0) is 42.0 Å². The summed E-state index contributed by atoms with van der Waals surface area (Å²) in [6, 6.07) is 16.3. The van der Waals surface area contributed by atoms with Crippen molar-refractivity contribution in [2.24, 2.45) is 0 Å². The van der Waals surface area contributed by atoms with Crippen molar-refractivity contribution in [1.82, 2.24) is 15.6 Å². The van der Waals surface area contributed by atoms with Crippen molar-refractivity contribution in [2.75, 3.05) is 0 Å². The van der Waals surface area contributed by atoms with Gasteiger partial charge in [-0.1, -0.05) is 36.4 Å². The summed E-state index contributed by atoms with van der Waals surface area (Å²) in [5.74, 6) is -3.70. The van der Waals surface area contributed by atoms with E-state index in [1.54, 1.807) is 24.3 Å². The molecule has 3 aromatic rings. The van der Waals surface area contributed by atoms with Crippen molar-refractivity contribution >= 4 is 21.8 Å². The number of hydrazine groups is 1. The highest BCUT2D eigenvalue weighted by atomic mass is 32.2. The SMILES string of the molecule is O=C(NNC(=O)c1cc(F)ccc1F)c1cccc(S(=O)(=O)NCc2ccccc2)c1. The molecule has 31 heavy (non-hydrogen) atoms. The number of nitrogens with one attached hydrogen (secondary N) is 3. The molecule has 3 aromatic carbocycles. The summed E-state index contributed by atoms with van der Waals surface area (Å²) in [7, 11) is -3.91. The van der Waals surface area contributed by atoms with E-state index in [0.717, 1.165) is 23.8 Å². The molecule has 0 bridgehead atoms. The maximum absolute atomic E-state index is 13.6. The molecule has 0 aliphatic heterocycles. The average molecular weight is 445 g/mol. The van der Waals surface area contributed by atoms with Crippen molar-refractivity contribution in [3.05, 3.63) is 101 Å². The topological polar surface area (TPSA) is 104 Å². The van der Waals surface area contributed by atoms with Crippen LogP contribution in [0, 0.1) is 11.6 Å². The number of carbonyl (C=O) groups excluding carboxylic acids is 2. The van der Waals surface area contributed by atoms with Gasteiger partial charge in [0.2, 0.25) is 10.0 Å². The number of hydrogen-bond donors (Lipinski definition) is 3. The minimum Gasteiger partial charge on any atom is -0.267 e. The maximum atomic E-state index is 13.6. The van der Waals surface area contributed by atoms with Gasteiger partial charge in [-0.15, -0.1) is 0 Å². The Morgan fingerprint density at radius 2 is 1.52 bits per heavy atom. The number of halogens is 2. The van der Waals surface area contributed by atoms with Crippen LogP contribution in [0.15, 0.2) is 77.7 Å². The third-order valence-electron chi connectivity index (χ3n) is 4.18. The predicted molar refractivity (Wildman–Crippen MR) is 108 cm³/mol. The van der Waals surface area contributed by atoms with E-state index in [2.05, 4.69) is 4.72 Å². The van der Waals surface area contributed by atoms with Crippen LogP contribution in [-0.4, -0.2) is 20.2 Å². The van der Waals surface area contributed by atoms with Crippen LogP contribution in [0.25, 0.3) is 0 Å². The fourth-order valence-corrected chi connectivity index (χ4v) is 3.65. The summed E-state index contributed by atoms with van der Waals surface area (Å²) in [5.41, 5.74) is 4.09. The molecule has 0 aromatic heterocycles. The highest BCUT2D eigenvalue weighted by Gasteiger charge is 2.18. The quantitative estimate of drug-likeness (QED) is 0.507. The Bertz CT molecular complexity index is 1220. The minimum absolute atomic E-state index is 0.0643. The molecule has 7 nitrogen and oxygen atoms in total. The first-order chi connectivity index (χ1) is 14.8. The van der Waals surface area contributed by atoms with Gasteiger partial charge in [0.05, 0.1) is 10.5 Å². The standard InChI is InChI=1S/C21H17F2N3O4S/c22-16-9-10-19(23)18(12-16)21(28)26-25-20(27)15-7-4-8-17(11-15)31(29,30)24-13-14-5-2-1-3-6-14/h1-12,24H,13H2,(H,25,27)(H,26,28). The van der Waals surface area contributed by atoms with E-state index in [0.29, 0.717) is 6.07 Å². The third-order valence-corrected chi connectivity index (χ3v) is 5.58. The molecule has 160 valence electrons. The van der Waals surface area contributed by atoms with E-state index in [1.807, 2.05) is 16.9 Å². The first-order valence-corrected chi connectivity index (χ1v) is 10.4. The first kappa shape index (κ1) is 22.1. The predicted octanol–water partition coefficient (Wildman–Crippen LogP) is 2.52. The van der Waals surface area contributed by atoms with E-state index in [1.165, 1.54) is 18.2 Å². The molecule has 10 heteroatoms. The van der Waals surface area contributed by atoms with Crippen LogP contribution in [0.3, 0.4) is 0 Å². The molecule has 0 fully saturated rings. The molecule has 0 unspecified atom stereocenters. The van der Waals surface area contributed by atoms with Gasteiger partial charge in [-0.3, -0.25) is 20.4 Å². The van der Waals surface area contributed by atoms with Crippen LogP contribution in [0.2, 0.25) is 0 Å². The van der Waals surface area contributed by atoms with Gasteiger partial charge >= 0.3 is 0 Å². The average Bonchev–Trinajstić information content (AvgIpc) is 2.78. The lowest BCUT2D eigenvalue weighted by Crippen LogP contribution is -2.42. The second-order valence-electron chi connectivity index (χ2n) is 6.37. The van der Waals surface area contributed by atoms with Gasteiger partial charge in [0, 0.05) is 12.1 Å². The Morgan fingerprint density at radius 1 is 0.806 bits per heavy atom. The largest absolute Gasteiger partial charge is 0.272 e. The zero-order valence-electron chi connectivity index (χ0n) is 15.9. The lowest BCUT2D eigenvalue weighted by molar-refractivity contribution is 0.0844. The first-order valence-electron chi connectivity index (χ1n) is 8.95. The van der Waals surface area contributed by atoms with Gasteiger partial charge in [0.15, 0.2) is 0 Å².